The van der Waals surface area contributed by atoms with Gasteiger partial charge in [-0.15, -0.1) is 0 Å². The highest BCUT2D eigenvalue weighted by atomic mass is 79.9. The van der Waals surface area contributed by atoms with Gasteiger partial charge in [-0.2, -0.15) is 4.99 Å². The van der Waals surface area contributed by atoms with Gasteiger partial charge in [0.1, 0.15) is 11.8 Å². The van der Waals surface area contributed by atoms with Crippen molar-refractivity contribution in [2.45, 2.75) is 24.8 Å². The molecule has 0 aromatic heterocycles. The van der Waals surface area contributed by atoms with Crippen molar-refractivity contribution in [3.8, 4) is 0 Å². The van der Waals surface area contributed by atoms with Crippen LogP contribution >= 0.6 is 15.9 Å². The summed E-state index contributed by atoms with van der Waals surface area (Å²) in [5, 5.41) is 5.94. The smallest absolute Gasteiger partial charge is 0.264 e. The Morgan fingerprint density at radius 3 is 2.80 bits per heavy atom. The molecule has 104 valence electrons. The largest absolute Gasteiger partial charge is 0.312 e. The summed E-state index contributed by atoms with van der Waals surface area (Å²) in [4.78, 5) is 28.2. The Balaban J connectivity index is 1.76. The summed E-state index contributed by atoms with van der Waals surface area (Å²) in [7, 11) is 0. The first-order chi connectivity index (χ1) is 9.63. The topological polar surface area (TPSA) is 70.6 Å². The average Bonchev–Trinajstić information content (AvgIpc) is 3.19. The molecule has 2 N–H and O–H groups in total. The van der Waals surface area contributed by atoms with E-state index in [4.69, 9.17) is 0 Å². The van der Waals surface area contributed by atoms with Gasteiger partial charge in [0.05, 0.1) is 6.54 Å². The number of nitrogens with one attached hydrogen (secondary N) is 2. The lowest BCUT2D eigenvalue weighted by Crippen LogP contribution is -2.46. The first kappa shape index (κ1) is 13.5. The van der Waals surface area contributed by atoms with Gasteiger partial charge in [-0.05, 0) is 30.5 Å². The number of carbonyl (C=O) groups is 2. The second-order valence-corrected chi connectivity index (χ2v) is 5.94. The molecule has 5 nitrogen and oxygen atoms in total. The van der Waals surface area contributed by atoms with E-state index >= 15 is 0 Å². The minimum Gasteiger partial charge on any atom is -0.312 e. The van der Waals surface area contributed by atoms with Crippen molar-refractivity contribution in [3.05, 3.63) is 34.3 Å². The van der Waals surface area contributed by atoms with E-state index in [1.54, 1.807) is 18.2 Å². The van der Waals surface area contributed by atoms with Crippen LogP contribution in [0.15, 0.2) is 33.7 Å². The van der Waals surface area contributed by atoms with Gasteiger partial charge >= 0.3 is 0 Å². The van der Waals surface area contributed by atoms with Crippen molar-refractivity contribution in [1.82, 2.24) is 10.6 Å². The molecule has 0 saturated heterocycles. The van der Waals surface area contributed by atoms with Crippen LogP contribution in [0.2, 0.25) is 0 Å². The third kappa shape index (κ3) is 2.96. The van der Waals surface area contributed by atoms with Gasteiger partial charge in [0.25, 0.3) is 5.91 Å². The molecule has 1 aliphatic carbocycles. The van der Waals surface area contributed by atoms with Crippen molar-refractivity contribution in [2.75, 3.05) is 6.54 Å². The molecule has 0 spiro atoms. The molecule has 1 saturated carbocycles. The van der Waals surface area contributed by atoms with E-state index in [-0.39, 0.29) is 5.91 Å². The fourth-order valence-electron chi connectivity index (χ4n) is 2.14. The SMILES string of the molecule is O=C1N=C(CNC2CC2)NC(=O)C1c1cccc(Br)c1. The second kappa shape index (κ2) is 5.46. The molecule has 20 heavy (non-hydrogen) atoms. The van der Waals surface area contributed by atoms with Crippen molar-refractivity contribution in [2.24, 2.45) is 4.99 Å². The van der Waals surface area contributed by atoms with E-state index in [0.717, 1.165) is 17.3 Å². The van der Waals surface area contributed by atoms with E-state index < -0.39 is 11.8 Å². The number of hydrogen-bond acceptors (Lipinski definition) is 3. The maximum Gasteiger partial charge on any atom is 0.264 e. The number of amides is 2. The summed E-state index contributed by atoms with van der Waals surface area (Å²) < 4.78 is 0.834. The molecule has 1 unspecified atom stereocenters. The van der Waals surface area contributed by atoms with E-state index in [9.17, 15) is 9.59 Å². The molecule has 3 rings (SSSR count). The van der Waals surface area contributed by atoms with Crippen LogP contribution in [0.5, 0.6) is 0 Å². The van der Waals surface area contributed by atoms with Crippen LogP contribution in [-0.2, 0) is 9.59 Å². The van der Waals surface area contributed by atoms with Gasteiger partial charge in [-0.3, -0.25) is 9.59 Å². The third-order valence-electron chi connectivity index (χ3n) is 3.34. The van der Waals surface area contributed by atoms with E-state index in [1.165, 1.54) is 0 Å². The minimum atomic E-state index is -0.850. The fourth-order valence-corrected chi connectivity index (χ4v) is 2.56. The molecule has 2 amide bonds. The number of aliphatic imine (C=N–C) groups is 1. The van der Waals surface area contributed by atoms with Crippen LogP contribution in [0.4, 0.5) is 0 Å². The molecule has 1 heterocycles. The highest BCUT2D eigenvalue weighted by Crippen LogP contribution is 2.23. The highest BCUT2D eigenvalue weighted by Gasteiger charge is 2.33. The molecule has 6 heteroatoms. The number of rotatable bonds is 4. The number of amidine groups is 1. The van der Waals surface area contributed by atoms with E-state index in [0.29, 0.717) is 24.0 Å². The van der Waals surface area contributed by atoms with Crippen molar-refractivity contribution >= 4 is 33.6 Å². The number of carbonyl (C=O) groups excluding carboxylic acids is 2. The van der Waals surface area contributed by atoms with Crippen molar-refractivity contribution < 1.29 is 9.59 Å². The van der Waals surface area contributed by atoms with Crippen molar-refractivity contribution in [3.63, 3.8) is 0 Å². The predicted molar refractivity (Wildman–Crippen MR) is 78.5 cm³/mol. The van der Waals surface area contributed by atoms with E-state index in [2.05, 4.69) is 31.6 Å². The van der Waals surface area contributed by atoms with Gasteiger partial charge in [0.2, 0.25) is 5.91 Å². The van der Waals surface area contributed by atoms with Gasteiger partial charge < -0.3 is 10.6 Å². The van der Waals surface area contributed by atoms with Gasteiger partial charge in [-0.25, -0.2) is 0 Å². The fraction of sp³-hybridized carbons (Fsp3) is 0.357. The van der Waals surface area contributed by atoms with Gasteiger partial charge in [0.15, 0.2) is 0 Å². The number of hydrogen-bond donors (Lipinski definition) is 2. The zero-order valence-electron chi connectivity index (χ0n) is 10.7. The standard InChI is InChI=1S/C14H14BrN3O2/c15-9-3-1-2-8(6-9)12-13(19)17-11(18-14(12)20)7-16-10-4-5-10/h1-3,6,10,12,16H,4-5,7H2,(H,17,18,19,20). The van der Waals surface area contributed by atoms with Crippen LogP contribution in [-0.4, -0.2) is 30.2 Å². The maximum absolute atomic E-state index is 12.1. The molecule has 1 fully saturated rings. The van der Waals surface area contributed by atoms with E-state index in [1.807, 2.05) is 6.07 Å². The summed E-state index contributed by atoms with van der Waals surface area (Å²) in [6.07, 6.45) is 2.30. The predicted octanol–water partition coefficient (Wildman–Crippen LogP) is 1.34. The zero-order chi connectivity index (χ0) is 14.1. The summed E-state index contributed by atoms with van der Waals surface area (Å²) >= 11 is 3.34. The van der Waals surface area contributed by atoms with Crippen LogP contribution in [0, 0.1) is 0 Å². The monoisotopic (exact) mass is 335 g/mol. The Bertz CT molecular complexity index is 596. The van der Waals surface area contributed by atoms with Crippen LogP contribution in [0.25, 0.3) is 0 Å². The Labute approximate surface area is 125 Å². The number of nitrogens with zero attached hydrogens (tertiary/aromatic N) is 1. The summed E-state index contributed by atoms with van der Waals surface area (Å²) in [5.41, 5.74) is 0.653. The van der Waals surface area contributed by atoms with Crippen LogP contribution in [0.3, 0.4) is 0 Å². The normalized spacial score (nSPS) is 22.4. The first-order valence-corrected chi connectivity index (χ1v) is 7.34. The molecular formula is C14H14BrN3O2. The Morgan fingerprint density at radius 1 is 1.35 bits per heavy atom. The Kier molecular flexibility index (Phi) is 3.67. The molecule has 1 atom stereocenters. The molecule has 2 aliphatic rings. The Morgan fingerprint density at radius 2 is 2.15 bits per heavy atom. The Hall–Kier alpha value is -1.53. The number of benzene rings is 1. The van der Waals surface area contributed by atoms with Gasteiger partial charge in [0, 0.05) is 10.5 Å². The molecule has 0 radical (unpaired) electrons. The zero-order valence-corrected chi connectivity index (χ0v) is 12.3. The third-order valence-corrected chi connectivity index (χ3v) is 3.83. The van der Waals surface area contributed by atoms with Crippen LogP contribution < -0.4 is 10.6 Å². The second-order valence-electron chi connectivity index (χ2n) is 5.03. The summed E-state index contributed by atoms with van der Waals surface area (Å²) in [6, 6.07) is 7.69. The maximum atomic E-state index is 12.1. The molecule has 1 aromatic carbocycles. The highest BCUT2D eigenvalue weighted by molar-refractivity contribution is 9.10. The lowest BCUT2D eigenvalue weighted by atomic mass is 9.96. The molecular weight excluding hydrogens is 322 g/mol. The van der Waals surface area contributed by atoms with Gasteiger partial charge in [-0.1, -0.05) is 28.1 Å². The quantitative estimate of drug-likeness (QED) is 0.816. The minimum absolute atomic E-state index is 0.310. The lowest BCUT2D eigenvalue weighted by molar-refractivity contribution is -0.129. The molecule has 1 aromatic rings. The first-order valence-electron chi connectivity index (χ1n) is 6.54. The lowest BCUT2D eigenvalue weighted by Gasteiger charge is -2.20. The molecule has 0 bridgehead atoms. The summed E-state index contributed by atoms with van der Waals surface area (Å²) in [5.74, 6) is -1.15. The van der Waals surface area contributed by atoms with Crippen molar-refractivity contribution in [1.29, 1.82) is 0 Å². The molecule has 1 aliphatic heterocycles. The van der Waals surface area contributed by atoms with Crippen LogP contribution in [0.1, 0.15) is 24.3 Å². The number of halogens is 1. The summed E-state index contributed by atoms with van der Waals surface area (Å²) in [6.45, 7) is 0.438. The average molecular weight is 336 g/mol.